The summed E-state index contributed by atoms with van der Waals surface area (Å²) < 4.78 is 19.7. The van der Waals surface area contributed by atoms with Crippen molar-refractivity contribution in [2.75, 3.05) is 11.9 Å². The van der Waals surface area contributed by atoms with E-state index in [0.29, 0.717) is 17.1 Å². The smallest absolute Gasteiger partial charge is 0.254 e. The average molecular weight is 458 g/mol. The van der Waals surface area contributed by atoms with E-state index in [1.165, 1.54) is 17.1 Å². The Labute approximate surface area is 196 Å². The number of ether oxygens (including phenoxy) is 1. The highest BCUT2D eigenvalue weighted by Gasteiger charge is 2.25. The number of carbonyl (C=O) groups is 1. The Morgan fingerprint density at radius 3 is 2.74 bits per heavy atom. The fourth-order valence-electron chi connectivity index (χ4n) is 3.29. The first-order valence-electron chi connectivity index (χ1n) is 10.6. The van der Waals surface area contributed by atoms with Crippen molar-refractivity contribution in [1.29, 1.82) is 5.26 Å². The van der Waals surface area contributed by atoms with Gasteiger partial charge in [0.05, 0.1) is 11.3 Å². The van der Waals surface area contributed by atoms with E-state index in [2.05, 4.69) is 22.3 Å². The maximum Gasteiger partial charge on any atom is 0.254 e. The van der Waals surface area contributed by atoms with Crippen LogP contribution in [-0.2, 0) is 0 Å². The number of nitrogens with two attached hydrogens (primary N) is 1. The molecule has 34 heavy (non-hydrogen) atoms. The van der Waals surface area contributed by atoms with E-state index in [0.717, 1.165) is 24.0 Å². The summed E-state index contributed by atoms with van der Waals surface area (Å²) in [5.74, 6) is -0.464. The normalized spacial score (nSPS) is 15.4. The van der Waals surface area contributed by atoms with Gasteiger partial charge in [0.15, 0.2) is 6.61 Å². The summed E-state index contributed by atoms with van der Waals surface area (Å²) in [7, 11) is 0. The molecule has 1 aliphatic carbocycles. The molecule has 0 spiro atoms. The minimum absolute atomic E-state index is 0.0147. The number of halogens is 1. The Morgan fingerprint density at radius 2 is 2.06 bits per heavy atom. The number of hydrogen-bond acceptors (Lipinski definition) is 5. The van der Waals surface area contributed by atoms with E-state index >= 15 is 0 Å². The van der Waals surface area contributed by atoms with Gasteiger partial charge in [-0.15, -0.1) is 5.10 Å². The van der Waals surface area contributed by atoms with Gasteiger partial charge in [0.1, 0.15) is 17.6 Å². The molecule has 1 aliphatic heterocycles. The molecule has 1 heterocycles. The zero-order valence-corrected chi connectivity index (χ0v) is 18.3. The molecule has 8 nitrogen and oxygen atoms in total. The average Bonchev–Trinajstić information content (AvgIpc) is 3.63. The summed E-state index contributed by atoms with van der Waals surface area (Å²) in [6, 6.07) is 13.5. The fraction of sp³-hybridized carbons (Fsp3) is 0.160. The van der Waals surface area contributed by atoms with E-state index < -0.39 is 11.7 Å². The molecule has 0 aromatic heterocycles. The molecule has 1 saturated carbocycles. The molecule has 0 radical (unpaired) electrons. The van der Waals surface area contributed by atoms with Gasteiger partial charge in [-0.1, -0.05) is 24.8 Å². The number of nitriles is 1. The van der Waals surface area contributed by atoms with Crippen LogP contribution in [0.15, 0.2) is 78.2 Å². The van der Waals surface area contributed by atoms with Crippen molar-refractivity contribution in [2.45, 2.75) is 18.9 Å². The molecule has 1 amide bonds. The molecular formula is C25H23FN6O2. The summed E-state index contributed by atoms with van der Waals surface area (Å²) in [6.07, 6.45) is 7.23. The van der Waals surface area contributed by atoms with Gasteiger partial charge in [-0.05, 0) is 54.8 Å². The quantitative estimate of drug-likeness (QED) is 0.431. The standard InChI is InChI=1S/C25H23FN6O2/c1-16-21(17-4-9-20(10-5-17)34-14-12-27)3-2-13-32(16)31-25(28)30-19-8-11-22(23(26)15-19)24(33)29-18-6-7-18/h2-5,8-11,13,15,18H,1,6-7,14H2,(H,29,33)(H3,28,30,31). The van der Waals surface area contributed by atoms with Crippen LogP contribution < -0.4 is 21.1 Å². The van der Waals surface area contributed by atoms with Crippen LogP contribution in [0.5, 0.6) is 5.75 Å². The first kappa shape index (κ1) is 22.6. The number of hydrogen-bond donors (Lipinski definition) is 3. The van der Waals surface area contributed by atoms with Gasteiger partial charge < -0.3 is 21.1 Å². The number of guanidine groups is 1. The Hall–Kier alpha value is -4.58. The largest absolute Gasteiger partial charge is 0.479 e. The SMILES string of the molecule is C=C1C(c2ccc(OCC#N)cc2)=CC=CN1/N=C(\N)Nc1ccc(C(=O)NC2CC2)c(F)c1. The molecule has 0 bridgehead atoms. The number of allylic oxidation sites excluding steroid dienone is 3. The van der Waals surface area contributed by atoms with E-state index in [1.807, 2.05) is 24.3 Å². The number of amides is 1. The molecule has 2 aliphatic rings. The molecule has 2 aromatic carbocycles. The lowest BCUT2D eigenvalue weighted by atomic mass is 10.0. The van der Waals surface area contributed by atoms with Gasteiger partial charge >= 0.3 is 0 Å². The van der Waals surface area contributed by atoms with Crippen LogP contribution in [0.3, 0.4) is 0 Å². The van der Waals surface area contributed by atoms with Crippen LogP contribution in [0.25, 0.3) is 5.57 Å². The van der Waals surface area contributed by atoms with Crippen LogP contribution in [0.1, 0.15) is 28.8 Å². The number of rotatable bonds is 7. The zero-order chi connectivity index (χ0) is 24.1. The van der Waals surface area contributed by atoms with Gasteiger partial charge in [0.2, 0.25) is 5.96 Å². The van der Waals surface area contributed by atoms with Crippen LogP contribution in [-0.4, -0.2) is 29.5 Å². The molecule has 9 heteroatoms. The van der Waals surface area contributed by atoms with Gasteiger partial charge in [0.25, 0.3) is 5.91 Å². The third-order valence-electron chi connectivity index (χ3n) is 5.16. The van der Waals surface area contributed by atoms with E-state index in [1.54, 1.807) is 30.5 Å². The molecule has 0 saturated heterocycles. The maximum absolute atomic E-state index is 14.4. The lowest BCUT2D eigenvalue weighted by molar-refractivity contribution is 0.0947. The molecule has 0 unspecified atom stereocenters. The Morgan fingerprint density at radius 1 is 1.29 bits per heavy atom. The fourth-order valence-corrected chi connectivity index (χ4v) is 3.29. The highest BCUT2D eigenvalue weighted by Crippen LogP contribution is 2.29. The molecule has 172 valence electrons. The topological polar surface area (TPSA) is 116 Å². The van der Waals surface area contributed by atoms with Gasteiger partial charge in [-0.3, -0.25) is 4.79 Å². The molecule has 1 fully saturated rings. The number of hydrazone groups is 1. The second-order valence-corrected chi connectivity index (χ2v) is 7.74. The van der Waals surface area contributed by atoms with E-state index in [4.69, 9.17) is 15.7 Å². The molecular weight excluding hydrogens is 435 g/mol. The Balaban J connectivity index is 1.41. The second-order valence-electron chi connectivity index (χ2n) is 7.74. The predicted octanol–water partition coefficient (Wildman–Crippen LogP) is 3.69. The maximum atomic E-state index is 14.4. The number of nitrogens with one attached hydrogen (secondary N) is 2. The molecule has 2 aromatic rings. The highest BCUT2D eigenvalue weighted by atomic mass is 19.1. The van der Waals surface area contributed by atoms with Gasteiger partial charge in [-0.25, -0.2) is 9.40 Å². The lowest BCUT2D eigenvalue weighted by Crippen LogP contribution is -2.28. The molecule has 4 N–H and O–H groups in total. The van der Waals surface area contributed by atoms with Crippen LogP contribution in [0.2, 0.25) is 0 Å². The summed E-state index contributed by atoms with van der Waals surface area (Å²) in [6.45, 7) is 4.08. The molecule has 4 rings (SSSR count). The van der Waals surface area contributed by atoms with Crippen molar-refractivity contribution in [3.05, 3.63) is 90.0 Å². The second kappa shape index (κ2) is 9.92. The van der Waals surface area contributed by atoms with E-state index in [9.17, 15) is 9.18 Å². The van der Waals surface area contributed by atoms with E-state index in [-0.39, 0.29) is 24.2 Å². The minimum atomic E-state index is -0.648. The zero-order valence-electron chi connectivity index (χ0n) is 18.3. The summed E-state index contributed by atoms with van der Waals surface area (Å²) >= 11 is 0. The summed E-state index contributed by atoms with van der Waals surface area (Å²) in [4.78, 5) is 12.1. The van der Waals surface area contributed by atoms with Crippen molar-refractivity contribution >= 4 is 23.1 Å². The predicted molar refractivity (Wildman–Crippen MR) is 128 cm³/mol. The lowest BCUT2D eigenvalue weighted by Gasteiger charge is -2.23. The number of nitrogens with zero attached hydrogens (tertiary/aromatic N) is 3. The number of carbonyl (C=O) groups excluding carboxylic acids is 1. The van der Waals surface area contributed by atoms with Crippen molar-refractivity contribution in [2.24, 2.45) is 10.8 Å². The Bertz CT molecular complexity index is 1240. The van der Waals surface area contributed by atoms with Crippen LogP contribution in [0.4, 0.5) is 10.1 Å². The van der Waals surface area contributed by atoms with Gasteiger partial charge in [0, 0.05) is 23.5 Å². The minimum Gasteiger partial charge on any atom is -0.479 e. The van der Waals surface area contributed by atoms with Gasteiger partial charge in [-0.2, -0.15) is 5.26 Å². The van der Waals surface area contributed by atoms with Crippen LogP contribution in [0, 0.1) is 17.1 Å². The van der Waals surface area contributed by atoms with Crippen molar-refractivity contribution in [3.63, 3.8) is 0 Å². The highest BCUT2D eigenvalue weighted by molar-refractivity contribution is 5.96. The van der Waals surface area contributed by atoms with Crippen molar-refractivity contribution in [3.8, 4) is 11.8 Å². The third-order valence-corrected chi connectivity index (χ3v) is 5.16. The Kier molecular flexibility index (Phi) is 6.59. The summed E-state index contributed by atoms with van der Waals surface area (Å²) in [5.41, 5.74) is 8.66. The molecule has 0 atom stereocenters. The van der Waals surface area contributed by atoms with Crippen LogP contribution >= 0.6 is 0 Å². The summed E-state index contributed by atoms with van der Waals surface area (Å²) in [5, 5.41) is 20.0. The first-order chi connectivity index (χ1) is 16.4. The number of benzene rings is 2. The van der Waals surface area contributed by atoms with Crippen molar-refractivity contribution < 1.29 is 13.9 Å². The number of anilines is 1. The van der Waals surface area contributed by atoms with Crippen molar-refractivity contribution in [1.82, 2.24) is 10.3 Å². The first-order valence-corrected chi connectivity index (χ1v) is 10.6. The monoisotopic (exact) mass is 458 g/mol. The third kappa shape index (κ3) is 5.42.